The maximum absolute atomic E-state index is 13.7. The lowest BCUT2D eigenvalue weighted by molar-refractivity contribution is 0.593. The number of fused-ring (bicyclic) bond motifs is 1. The second-order valence-corrected chi connectivity index (χ2v) is 4.27. The van der Waals surface area contributed by atoms with E-state index in [1.165, 1.54) is 12.1 Å². The summed E-state index contributed by atoms with van der Waals surface area (Å²) in [7, 11) is 0. The van der Waals surface area contributed by atoms with Gasteiger partial charge in [-0.3, -0.25) is 0 Å². The fraction of sp³-hybridized carbons (Fsp3) is 0. The number of aromatic nitrogens is 1. The molecule has 2 N–H and O–H groups in total. The van der Waals surface area contributed by atoms with E-state index in [9.17, 15) is 4.39 Å². The Morgan fingerprint density at radius 1 is 1.22 bits per heavy atom. The molecule has 3 nitrogen and oxygen atoms in total. The molecule has 0 unspecified atom stereocenters. The zero-order valence-corrected chi connectivity index (χ0v) is 9.91. The third-order valence-electron chi connectivity index (χ3n) is 2.61. The van der Waals surface area contributed by atoms with Crippen LogP contribution in [0.15, 0.2) is 40.8 Å². The van der Waals surface area contributed by atoms with Gasteiger partial charge in [-0.15, -0.1) is 0 Å². The Bertz CT molecular complexity index is 739. The van der Waals surface area contributed by atoms with Crippen molar-refractivity contribution in [3.05, 3.63) is 47.2 Å². The van der Waals surface area contributed by atoms with Gasteiger partial charge in [0, 0.05) is 5.02 Å². The first-order valence-corrected chi connectivity index (χ1v) is 5.63. The first-order valence-electron chi connectivity index (χ1n) is 5.25. The van der Waals surface area contributed by atoms with E-state index in [0.717, 1.165) is 0 Å². The van der Waals surface area contributed by atoms with E-state index in [4.69, 9.17) is 21.8 Å². The number of nitrogens with zero attached hydrogens (tertiary/aromatic N) is 1. The summed E-state index contributed by atoms with van der Waals surface area (Å²) in [6.07, 6.45) is 0. The molecule has 18 heavy (non-hydrogen) atoms. The predicted molar refractivity (Wildman–Crippen MR) is 68.8 cm³/mol. The van der Waals surface area contributed by atoms with E-state index in [2.05, 4.69) is 4.98 Å². The van der Waals surface area contributed by atoms with Gasteiger partial charge >= 0.3 is 0 Å². The van der Waals surface area contributed by atoms with Crippen LogP contribution in [0.1, 0.15) is 0 Å². The third-order valence-corrected chi connectivity index (χ3v) is 2.85. The Balaban J connectivity index is 2.23. The van der Waals surface area contributed by atoms with Crippen molar-refractivity contribution in [3.8, 4) is 11.5 Å². The largest absolute Gasteiger partial charge is 0.436 e. The van der Waals surface area contributed by atoms with Crippen LogP contribution in [-0.2, 0) is 0 Å². The molecule has 0 aliphatic rings. The summed E-state index contributed by atoms with van der Waals surface area (Å²) in [5, 5.41) is 0.326. The van der Waals surface area contributed by atoms with Gasteiger partial charge in [0.1, 0.15) is 11.3 Å². The third kappa shape index (κ3) is 1.71. The molecule has 0 bridgehead atoms. The van der Waals surface area contributed by atoms with Crippen LogP contribution < -0.4 is 5.73 Å². The van der Waals surface area contributed by atoms with E-state index < -0.39 is 5.82 Å². The van der Waals surface area contributed by atoms with Gasteiger partial charge in [0.05, 0.1) is 11.3 Å². The zero-order chi connectivity index (χ0) is 12.7. The quantitative estimate of drug-likeness (QED) is 0.677. The lowest BCUT2D eigenvalue weighted by Crippen LogP contribution is -1.86. The van der Waals surface area contributed by atoms with Gasteiger partial charge in [0.15, 0.2) is 5.58 Å². The number of para-hydroxylation sites is 1. The molecule has 5 heteroatoms. The van der Waals surface area contributed by atoms with Crippen molar-refractivity contribution in [1.29, 1.82) is 0 Å². The Kier molecular flexibility index (Phi) is 2.45. The van der Waals surface area contributed by atoms with Crippen LogP contribution in [0.5, 0.6) is 0 Å². The van der Waals surface area contributed by atoms with Crippen LogP contribution >= 0.6 is 11.6 Å². The first-order chi connectivity index (χ1) is 8.65. The summed E-state index contributed by atoms with van der Waals surface area (Å²) in [6, 6.07) is 9.53. The zero-order valence-electron chi connectivity index (χ0n) is 9.15. The van der Waals surface area contributed by atoms with Gasteiger partial charge in [-0.1, -0.05) is 17.7 Å². The summed E-state index contributed by atoms with van der Waals surface area (Å²) in [5.74, 6) is -0.287. The van der Waals surface area contributed by atoms with E-state index in [1.54, 1.807) is 24.3 Å². The van der Waals surface area contributed by atoms with Crippen molar-refractivity contribution in [1.82, 2.24) is 4.98 Å². The number of benzene rings is 2. The molecule has 0 amide bonds. The first kappa shape index (κ1) is 11.0. The maximum atomic E-state index is 13.7. The van der Waals surface area contributed by atoms with Crippen molar-refractivity contribution in [3.63, 3.8) is 0 Å². The monoisotopic (exact) mass is 262 g/mol. The van der Waals surface area contributed by atoms with Crippen LogP contribution in [-0.4, -0.2) is 4.98 Å². The summed E-state index contributed by atoms with van der Waals surface area (Å²) in [5.41, 5.74) is 7.59. The summed E-state index contributed by atoms with van der Waals surface area (Å²) in [4.78, 5) is 4.20. The number of anilines is 1. The van der Waals surface area contributed by atoms with Crippen molar-refractivity contribution >= 4 is 28.4 Å². The molecule has 0 radical (unpaired) electrons. The Labute approximate surface area is 107 Å². The highest BCUT2D eigenvalue weighted by Gasteiger charge is 2.13. The fourth-order valence-corrected chi connectivity index (χ4v) is 1.91. The van der Waals surface area contributed by atoms with Crippen LogP contribution in [0.4, 0.5) is 10.1 Å². The SMILES string of the molecule is Nc1cccc2oc(-c3ccc(Cl)cc3F)nc12. The van der Waals surface area contributed by atoms with Crippen LogP contribution in [0.2, 0.25) is 5.02 Å². The van der Waals surface area contributed by atoms with Crippen molar-refractivity contribution < 1.29 is 8.81 Å². The maximum Gasteiger partial charge on any atom is 0.230 e. The van der Waals surface area contributed by atoms with Crippen molar-refractivity contribution in [2.45, 2.75) is 0 Å². The van der Waals surface area contributed by atoms with E-state index in [-0.39, 0.29) is 11.5 Å². The van der Waals surface area contributed by atoms with Gasteiger partial charge in [-0.05, 0) is 30.3 Å². The summed E-state index contributed by atoms with van der Waals surface area (Å²) < 4.78 is 19.2. The minimum atomic E-state index is -0.479. The van der Waals surface area contributed by atoms with Crippen LogP contribution in [0.25, 0.3) is 22.6 Å². The number of rotatable bonds is 1. The standard InChI is InChI=1S/C13H8ClFN2O/c14-7-4-5-8(9(15)6-7)13-17-12-10(16)2-1-3-11(12)18-13/h1-6H,16H2. The summed E-state index contributed by atoms with van der Waals surface area (Å²) >= 11 is 5.70. The number of halogens is 2. The topological polar surface area (TPSA) is 52.0 Å². The molecule has 0 atom stereocenters. The molecule has 0 spiro atoms. The lowest BCUT2D eigenvalue weighted by atomic mass is 10.2. The minimum Gasteiger partial charge on any atom is -0.436 e. The molecular formula is C13H8ClFN2O. The average molecular weight is 263 g/mol. The second-order valence-electron chi connectivity index (χ2n) is 3.84. The molecule has 3 rings (SSSR count). The van der Waals surface area contributed by atoms with Gasteiger partial charge in [-0.25, -0.2) is 9.37 Å². The molecule has 0 saturated carbocycles. The second kappa shape index (κ2) is 3.99. The predicted octanol–water partition coefficient (Wildman–Crippen LogP) is 3.87. The molecule has 0 saturated heterocycles. The highest BCUT2D eigenvalue weighted by molar-refractivity contribution is 6.30. The van der Waals surface area contributed by atoms with E-state index in [1.807, 2.05) is 0 Å². The number of nitrogen functional groups attached to an aromatic ring is 1. The van der Waals surface area contributed by atoms with Crippen LogP contribution in [0.3, 0.4) is 0 Å². The van der Waals surface area contributed by atoms with E-state index >= 15 is 0 Å². The molecule has 1 heterocycles. The Morgan fingerprint density at radius 2 is 2.06 bits per heavy atom. The Morgan fingerprint density at radius 3 is 2.78 bits per heavy atom. The number of hydrogen-bond donors (Lipinski definition) is 1. The smallest absolute Gasteiger partial charge is 0.230 e. The highest BCUT2D eigenvalue weighted by Crippen LogP contribution is 2.29. The number of hydrogen-bond acceptors (Lipinski definition) is 3. The molecule has 3 aromatic rings. The lowest BCUT2D eigenvalue weighted by Gasteiger charge is -1.97. The minimum absolute atomic E-state index is 0.192. The number of oxazole rings is 1. The molecule has 0 aliphatic heterocycles. The molecule has 1 aromatic heterocycles. The van der Waals surface area contributed by atoms with Crippen LogP contribution in [0, 0.1) is 5.82 Å². The van der Waals surface area contributed by atoms with Crippen molar-refractivity contribution in [2.75, 3.05) is 5.73 Å². The van der Waals surface area contributed by atoms with E-state index in [0.29, 0.717) is 21.8 Å². The van der Waals surface area contributed by atoms with Gasteiger partial charge < -0.3 is 10.2 Å². The number of nitrogens with two attached hydrogens (primary N) is 1. The van der Waals surface area contributed by atoms with Gasteiger partial charge in [-0.2, -0.15) is 0 Å². The summed E-state index contributed by atoms with van der Waals surface area (Å²) in [6.45, 7) is 0. The molecule has 0 fully saturated rings. The molecule has 90 valence electrons. The fourth-order valence-electron chi connectivity index (χ4n) is 1.75. The molecular weight excluding hydrogens is 255 g/mol. The Hall–Kier alpha value is -2.07. The normalized spacial score (nSPS) is 11.0. The van der Waals surface area contributed by atoms with Gasteiger partial charge in [0.25, 0.3) is 0 Å². The van der Waals surface area contributed by atoms with Crippen molar-refractivity contribution in [2.24, 2.45) is 0 Å². The molecule has 0 aliphatic carbocycles. The highest BCUT2D eigenvalue weighted by atomic mass is 35.5. The average Bonchev–Trinajstić information content (AvgIpc) is 2.74. The molecule has 2 aromatic carbocycles. The van der Waals surface area contributed by atoms with Gasteiger partial charge in [0.2, 0.25) is 5.89 Å².